The summed E-state index contributed by atoms with van der Waals surface area (Å²) in [6.07, 6.45) is 2.77. The molecule has 0 spiro atoms. The van der Waals surface area contributed by atoms with E-state index in [2.05, 4.69) is 24.0 Å². The fraction of sp³-hybridized carbons (Fsp3) is 0.357. The quantitative estimate of drug-likeness (QED) is 0.385. The third-order valence-electron chi connectivity index (χ3n) is 7.02. The Morgan fingerprint density at radius 2 is 1.51 bits per heavy atom. The molecule has 3 amide bonds. The molecule has 0 radical (unpaired) electrons. The summed E-state index contributed by atoms with van der Waals surface area (Å²) >= 11 is 0. The minimum Gasteiger partial charge on any atom is -0.353 e. The summed E-state index contributed by atoms with van der Waals surface area (Å²) in [5.74, 6) is 0.723. The van der Waals surface area contributed by atoms with E-state index in [1.807, 2.05) is 23.1 Å². The van der Waals surface area contributed by atoms with E-state index < -0.39 is 0 Å². The maximum atomic E-state index is 12.7. The first-order chi connectivity index (χ1) is 17.0. The first-order valence-corrected chi connectivity index (χ1v) is 12.4. The van der Waals surface area contributed by atoms with Crippen LogP contribution in [0.3, 0.4) is 0 Å². The van der Waals surface area contributed by atoms with Gasteiger partial charge in [-0.2, -0.15) is 0 Å². The molecule has 0 atom stereocenters. The summed E-state index contributed by atoms with van der Waals surface area (Å²) < 4.78 is 0. The summed E-state index contributed by atoms with van der Waals surface area (Å²) in [5.41, 5.74) is 3.19. The van der Waals surface area contributed by atoms with Gasteiger partial charge in [0.2, 0.25) is 5.91 Å². The van der Waals surface area contributed by atoms with Crippen LogP contribution in [0, 0.1) is 6.92 Å². The number of aryl methyl sites for hydroxylation is 1. The molecule has 0 unspecified atom stereocenters. The number of carbonyl (C=O) groups is 3. The molecule has 35 heavy (non-hydrogen) atoms. The van der Waals surface area contributed by atoms with Gasteiger partial charge in [-0.25, -0.2) is 4.98 Å². The standard InChI is InChI=1S/C28H30N4O3/c1-20-19-25(29-24-12-7-6-9-21(20)24)30-15-17-31(18-16-30)26(33)13-3-2-8-14-32-27(34)22-10-4-5-11-23(22)28(32)35/h4-7,9-12,19H,2-3,8,13-18H2,1H3. The van der Waals surface area contributed by atoms with Crippen LogP contribution in [0.15, 0.2) is 54.6 Å². The first-order valence-electron chi connectivity index (χ1n) is 12.4. The topological polar surface area (TPSA) is 73.8 Å². The minimum atomic E-state index is -0.212. The van der Waals surface area contributed by atoms with Crippen LogP contribution in [0.25, 0.3) is 10.9 Å². The van der Waals surface area contributed by atoms with E-state index in [4.69, 9.17) is 4.98 Å². The van der Waals surface area contributed by atoms with E-state index in [0.29, 0.717) is 43.6 Å². The molecule has 0 N–H and O–H groups in total. The summed E-state index contributed by atoms with van der Waals surface area (Å²) in [6.45, 7) is 5.45. The second-order valence-electron chi connectivity index (χ2n) is 9.30. The predicted molar refractivity (Wildman–Crippen MR) is 136 cm³/mol. The van der Waals surface area contributed by atoms with Crippen molar-refractivity contribution in [1.82, 2.24) is 14.8 Å². The summed E-state index contributed by atoms with van der Waals surface area (Å²) in [4.78, 5) is 47.9. The molecule has 1 saturated heterocycles. The molecule has 5 rings (SSSR count). The maximum Gasteiger partial charge on any atom is 0.261 e. The second kappa shape index (κ2) is 9.86. The van der Waals surface area contributed by atoms with Crippen molar-refractivity contribution in [3.8, 4) is 0 Å². The number of anilines is 1. The molecule has 180 valence electrons. The van der Waals surface area contributed by atoms with E-state index in [1.54, 1.807) is 24.3 Å². The van der Waals surface area contributed by atoms with Crippen LogP contribution in [0.1, 0.15) is 52.0 Å². The molecule has 1 aromatic heterocycles. The van der Waals surface area contributed by atoms with Crippen LogP contribution in [0.5, 0.6) is 0 Å². The van der Waals surface area contributed by atoms with Gasteiger partial charge in [0.15, 0.2) is 0 Å². The van der Waals surface area contributed by atoms with Gasteiger partial charge < -0.3 is 9.80 Å². The van der Waals surface area contributed by atoms with E-state index in [-0.39, 0.29) is 17.7 Å². The summed E-state index contributed by atoms with van der Waals surface area (Å²) in [7, 11) is 0. The van der Waals surface area contributed by atoms with Gasteiger partial charge in [0.1, 0.15) is 5.82 Å². The molecule has 7 nitrogen and oxygen atoms in total. The molecule has 1 fully saturated rings. The van der Waals surface area contributed by atoms with Crippen LogP contribution < -0.4 is 4.90 Å². The lowest BCUT2D eigenvalue weighted by atomic mass is 10.1. The average Bonchev–Trinajstić information content (AvgIpc) is 3.13. The highest BCUT2D eigenvalue weighted by molar-refractivity contribution is 6.21. The molecule has 3 heterocycles. The largest absolute Gasteiger partial charge is 0.353 e. The molecule has 2 aliphatic heterocycles. The number of para-hydroxylation sites is 1. The highest BCUT2D eigenvalue weighted by atomic mass is 16.2. The zero-order valence-corrected chi connectivity index (χ0v) is 20.1. The highest BCUT2D eigenvalue weighted by Crippen LogP contribution is 2.24. The lowest BCUT2D eigenvalue weighted by Crippen LogP contribution is -2.49. The summed E-state index contributed by atoms with van der Waals surface area (Å²) in [6, 6.07) is 17.3. The maximum absolute atomic E-state index is 12.7. The van der Waals surface area contributed by atoms with E-state index in [0.717, 1.165) is 37.3 Å². The fourth-order valence-electron chi connectivity index (χ4n) is 5.00. The Morgan fingerprint density at radius 3 is 2.23 bits per heavy atom. The van der Waals surface area contributed by atoms with Gasteiger partial charge in [-0.1, -0.05) is 36.8 Å². The molecule has 3 aromatic rings. The van der Waals surface area contributed by atoms with Crippen LogP contribution in [-0.2, 0) is 4.79 Å². The van der Waals surface area contributed by atoms with Crippen LogP contribution >= 0.6 is 0 Å². The SMILES string of the molecule is Cc1cc(N2CCN(C(=O)CCCCCN3C(=O)c4ccccc4C3=O)CC2)nc2ccccc12. The number of benzene rings is 2. The van der Waals surface area contributed by atoms with Crippen molar-refractivity contribution >= 4 is 34.4 Å². The molecular weight excluding hydrogens is 440 g/mol. The number of imide groups is 1. The molecular formula is C28H30N4O3. The molecule has 2 aromatic carbocycles. The van der Waals surface area contributed by atoms with Crippen molar-refractivity contribution in [1.29, 1.82) is 0 Å². The van der Waals surface area contributed by atoms with Crippen LogP contribution in [0.4, 0.5) is 5.82 Å². The lowest BCUT2D eigenvalue weighted by molar-refractivity contribution is -0.131. The summed E-state index contributed by atoms with van der Waals surface area (Å²) in [5, 5.41) is 1.17. The fourth-order valence-corrected chi connectivity index (χ4v) is 5.00. The lowest BCUT2D eigenvalue weighted by Gasteiger charge is -2.35. The van der Waals surface area contributed by atoms with Crippen molar-refractivity contribution in [3.05, 3.63) is 71.3 Å². The predicted octanol–water partition coefficient (Wildman–Crippen LogP) is 4.05. The van der Waals surface area contributed by atoms with Gasteiger partial charge in [0.25, 0.3) is 11.8 Å². The normalized spacial score (nSPS) is 15.7. The smallest absolute Gasteiger partial charge is 0.261 e. The third-order valence-corrected chi connectivity index (χ3v) is 7.02. The number of rotatable bonds is 7. The Balaban J connectivity index is 1.05. The number of nitrogens with zero attached hydrogens (tertiary/aromatic N) is 4. The van der Waals surface area contributed by atoms with Crippen molar-refractivity contribution in [2.75, 3.05) is 37.6 Å². The van der Waals surface area contributed by atoms with E-state index in [1.165, 1.54) is 15.8 Å². The van der Waals surface area contributed by atoms with Crippen LogP contribution in [0.2, 0.25) is 0 Å². The number of pyridine rings is 1. The molecule has 0 bridgehead atoms. The number of amides is 3. The molecule has 7 heteroatoms. The number of aromatic nitrogens is 1. The molecule has 2 aliphatic rings. The number of hydrogen-bond donors (Lipinski definition) is 0. The second-order valence-corrected chi connectivity index (χ2v) is 9.30. The minimum absolute atomic E-state index is 0.174. The zero-order chi connectivity index (χ0) is 24.4. The van der Waals surface area contributed by atoms with Gasteiger partial charge in [0.05, 0.1) is 16.6 Å². The van der Waals surface area contributed by atoms with Crippen LogP contribution in [-0.4, -0.2) is 65.2 Å². The third kappa shape index (κ3) is 4.63. The monoisotopic (exact) mass is 470 g/mol. The van der Waals surface area contributed by atoms with Gasteiger partial charge in [-0.05, 0) is 49.6 Å². The number of hydrogen-bond acceptors (Lipinski definition) is 5. The van der Waals surface area contributed by atoms with Gasteiger partial charge in [-0.15, -0.1) is 0 Å². The Morgan fingerprint density at radius 1 is 0.857 bits per heavy atom. The van der Waals surface area contributed by atoms with Gasteiger partial charge >= 0.3 is 0 Å². The van der Waals surface area contributed by atoms with Crippen molar-refractivity contribution in [2.45, 2.75) is 32.6 Å². The van der Waals surface area contributed by atoms with Gasteiger partial charge in [-0.3, -0.25) is 19.3 Å². The van der Waals surface area contributed by atoms with Crippen molar-refractivity contribution in [2.24, 2.45) is 0 Å². The highest BCUT2D eigenvalue weighted by Gasteiger charge is 2.34. The van der Waals surface area contributed by atoms with Gasteiger partial charge in [0, 0.05) is 44.5 Å². The molecule has 0 saturated carbocycles. The Labute approximate surface area is 205 Å². The van der Waals surface area contributed by atoms with E-state index in [9.17, 15) is 14.4 Å². The zero-order valence-electron chi connectivity index (χ0n) is 20.1. The Kier molecular flexibility index (Phi) is 6.49. The van der Waals surface area contributed by atoms with E-state index >= 15 is 0 Å². The first kappa shape index (κ1) is 23.0. The number of piperazine rings is 1. The van der Waals surface area contributed by atoms with Crippen molar-refractivity contribution in [3.63, 3.8) is 0 Å². The Hall–Kier alpha value is -3.74. The molecule has 0 aliphatic carbocycles. The number of fused-ring (bicyclic) bond motifs is 2. The average molecular weight is 471 g/mol. The van der Waals surface area contributed by atoms with Crippen molar-refractivity contribution < 1.29 is 14.4 Å². The number of carbonyl (C=O) groups excluding carboxylic acids is 3. The Bertz CT molecular complexity index is 1250. The number of unbranched alkanes of at least 4 members (excludes halogenated alkanes) is 2.